The predicted molar refractivity (Wildman–Crippen MR) is 296 cm³/mol. The molecular formula is C53H38Cl3F2N9O4S3. The number of fused-ring (bicyclic) bond motifs is 2. The van der Waals surface area contributed by atoms with Crippen molar-refractivity contribution >= 4 is 115 Å². The Balaban J connectivity index is 0.000000163. The average molecular weight is 1110 g/mol. The Morgan fingerprint density at radius 2 is 1.26 bits per heavy atom. The molecule has 0 saturated carbocycles. The van der Waals surface area contributed by atoms with Gasteiger partial charge in [0.25, 0.3) is 11.1 Å². The van der Waals surface area contributed by atoms with Gasteiger partial charge in [-0.15, -0.1) is 11.6 Å². The zero-order chi connectivity index (χ0) is 53.0. The maximum atomic E-state index is 14.1. The molecule has 0 radical (unpaired) electrons. The van der Waals surface area contributed by atoms with Crippen molar-refractivity contribution in [2.24, 2.45) is 4.99 Å². The second-order valence-corrected chi connectivity index (χ2v) is 17.3. The monoisotopic (exact) mass is 1100 g/mol. The number of hydrogen-bond donors (Lipinski definition) is 3. The van der Waals surface area contributed by atoms with Gasteiger partial charge in [0.05, 0.1) is 74.1 Å². The molecule has 10 aromatic rings. The van der Waals surface area contributed by atoms with E-state index in [0.717, 1.165) is 11.2 Å². The minimum absolute atomic E-state index is 0.117. The Morgan fingerprint density at radius 3 is 1.80 bits per heavy atom. The SMILES string of the molecule is Fc1cccc(Cl)c1CCl.Nc1ccccc1C(=O)O.O=c1c2ccccc2[nH]c(=S)n1-c1cccnc1.O=c1c2ccccc2nc(SCc2c(F)cccc2Cl)n1-c1cccnc1.S=C=Nc1cccnc1. The molecule has 5 heterocycles. The lowest BCUT2D eigenvalue weighted by atomic mass is 10.2. The lowest BCUT2D eigenvalue weighted by Crippen LogP contribution is -2.21. The number of nitrogens with one attached hydrogen (secondary N) is 1. The number of aromatic amines is 1. The van der Waals surface area contributed by atoms with Crippen molar-refractivity contribution in [2.75, 3.05) is 5.73 Å². The number of hydrogen-bond acceptors (Lipinski definition) is 12. The lowest BCUT2D eigenvalue weighted by molar-refractivity contribution is 0.0698. The van der Waals surface area contributed by atoms with Gasteiger partial charge in [0, 0.05) is 51.2 Å². The fourth-order valence-corrected chi connectivity index (χ4v) is 8.77. The van der Waals surface area contributed by atoms with Crippen LogP contribution < -0.4 is 16.9 Å². The number of aromatic carboxylic acids is 1. The first-order valence-corrected chi connectivity index (χ1v) is 24.6. The molecule has 5 aromatic heterocycles. The third-order valence-corrected chi connectivity index (χ3v) is 12.3. The van der Waals surface area contributed by atoms with Crippen LogP contribution in [-0.2, 0) is 11.6 Å². The highest BCUT2D eigenvalue weighted by Gasteiger charge is 2.16. The number of nitrogens with two attached hydrogens (primary N) is 1. The van der Waals surface area contributed by atoms with Crippen LogP contribution in [0.4, 0.5) is 20.2 Å². The number of aromatic nitrogens is 7. The number of nitrogens with zero attached hydrogens (tertiary/aromatic N) is 7. The Hall–Kier alpha value is -7.80. The molecule has 0 spiro atoms. The topological polar surface area (TPSA) is 187 Å². The number of thiocarbonyl (C=S) groups is 1. The zero-order valence-electron chi connectivity index (χ0n) is 38.2. The number of carboxylic acid groups (broad SMARTS) is 1. The van der Waals surface area contributed by atoms with E-state index < -0.39 is 5.97 Å². The molecule has 0 saturated heterocycles. The molecule has 4 N–H and O–H groups in total. The molecule has 5 aromatic carbocycles. The number of carboxylic acids is 1. The number of aliphatic imine (C=N–C) groups is 1. The number of nitrogen functional groups attached to an aromatic ring is 1. The van der Waals surface area contributed by atoms with Crippen LogP contribution in [0.15, 0.2) is 203 Å². The first kappa shape index (κ1) is 55.5. The number of rotatable bonds is 8. The van der Waals surface area contributed by atoms with E-state index in [2.05, 4.69) is 47.3 Å². The number of thioether (sulfide) groups is 1. The molecule has 0 aliphatic heterocycles. The minimum Gasteiger partial charge on any atom is -0.478 e. The number of pyridine rings is 3. The standard InChI is InChI=1S/C20H13ClFN3OS.C13H9N3OS.C7H5Cl2F.C7H7NO2.C6H4N2S/c21-16-7-3-8-17(22)15(16)12-27-20-24-18-9-2-1-6-14(18)19(26)25(20)13-5-4-10-23-11-13;17-12-10-5-1-2-6-11(10)15-13(18)16(12)9-4-3-7-14-8-9;8-4-5-6(9)2-1-3-7(5)10;8-6-4-2-1-3-5(6)7(9)10;9-5-8-6-2-1-3-7-4-6/h1-11H,12H2;1-8H,(H,15,18);1-3H,4H2;1-4H,8H2,(H,9,10);1-4H. The van der Waals surface area contributed by atoms with Crippen molar-refractivity contribution in [3.05, 3.63) is 247 Å². The number of carbonyl (C=O) groups is 1. The Kier molecular flexibility index (Phi) is 20.9. The van der Waals surface area contributed by atoms with E-state index in [0.29, 0.717) is 64.5 Å². The summed E-state index contributed by atoms with van der Waals surface area (Å²) in [4.78, 5) is 59.1. The van der Waals surface area contributed by atoms with Crippen LogP contribution in [-0.4, -0.2) is 50.3 Å². The van der Waals surface area contributed by atoms with Gasteiger partial charge < -0.3 is 15.8 Å². The molecule has 0 bridgehead atoms. The second kappa shape index (κ2) is 27.9. The summed E-state index contributed by atoms with van der Waals surface area (Å²) in [6.07, 6.45) is 9.80. The molecule has 372 valence electrons. The smallest absolute Gasteiger partial charge is 0.337 e. The van der Waals surface area contributed by atoms with Gasteiger partial charge in [0.15, 0.2) is 9.93 Å². The molecule has 0 amide bonds. The van der Waals surface area contributed by atoms with Crippen molar-refractivity contribution in [1.82, 2.24) is 34.1 Å². The number of anilines is 1. The molecule has 0 unspecified atom stereocenters. The molecule has 0 fully saturated rings. The third-order valence-electron chi connectivity index (χ3n) is 9.97. The number of H-pyrrole nitrogens is 1. The van der Waals surface area contributed by atoms with Crippen molar-refractivity contribution < 1.29 is 18.7 Å². The van der Waals surface area contributed by atoms with Crippen LogP contribution in [0.3, 0.4) is 0 Å². The summed E-state index contributed by atoms with van der Waals surface area (Å²) in [7, 11) is 0. The normalized spacial score (nSPS) is 10.2. The van der Waals surface area contributed by atoms with Crippen molar-refractivity contribution in [3.8, 4) is 11.4 Å². The van der Waals surface area contributed by atoms with Gasteiger partial charge in [-0.05, 0) is 121 Å². The molecular weight excluding hydrogens is 1070 g/mol. The Morgan fingerprint density at radius 1 is 0.703 bits per heavy atom. The van der Waals surface area contributed by atoms with E-state index in [9.17, 15) is 23.2 Å². The van der Waals surface area contributed by atoms with Crippen LogP contribution in [0.1, 0.15) is 21.5 Å². The van der Waals surface area contributed by atoms with Crippen molar-refractivity contribution in [1.29, 1.82) is 0 Å². The summed E-state index contributed by atoms with van der Waals surface area (Å²) in [5.74, 6) is -1.35. The van der Waals surface area contributed by atoms with E-state index >= 15 is 0 Å². The van der Waals surface area contributed by atoms with E-state index in [1.807, 2.05) is 30.3 Å². The quantitative estimate of drug-likeness (QED) is 0.0327. The van der Waals surface area contributed by atoms with E-state index in [-0.39, 0.29) is 39.9 Å². The van der Waals surface area contributed by atoms with Crippen molar-refractivity contribution in [2.45, 2.75) is 16.8 Å². The fourth-order valence-electron chi connectivity index (χ4n) is 6.44. The van der Waals surface area contributed by atoms with Crippen molar-refractivity contribution in [3.63, 3.8) is 0 Å². The highest BCUT2D eigenvalue weighted by atomic mass is 35.5. The molecule has 13 nitrogen and oxygen atoms in total. The largest absolute Gasteiger partial charge is 0.478 e. The van der Waals surface area contributed by atoms with Gasteiger partial charge in [-0.1, -0.05) is 83.5 Å². The summed E-state index contributed by atoms with van der Waals surface area (Å²) in [6, 6.07) is 40.6. The number of para-hydroxylation sites is 3. The molecule has 0 aliphatic rings. The van der Waals surface area contributed by atoms with Crippen LogP contribution in [0, 0.1) is 16.4 Å². The number of alkyl halides is 1. The maximum absolute atomic E-state index is 14.1. The van der Waals surface area contributed by atoms with Gasteiger partial charge in [-0.3, -0.25) is 33.7 Å². The minimum atomic E-state index is -0.988. The second-order valence-electron chi connectivity index (χ2n) is 14.7. The summed E-state index contributed by atoms with van der Waals surface area (Å²) in [6.45, 7) is 0. The summed E-state index contributed by atoms with van der Waals surface area (Å²) in [5, 5.41) is 13.0. The Bertz CT molecular complexity index is 3720. The van der Waals surface area contributed by atoms with Crippen LogP contribution >= 0.6 is 71.0 Å². The molecule has 10 rings (SSSR count). The average Bonchev–Trinajstić information content (AvgIpc) is 3.40. The molecule has 74 heavy (non-hydrogen) atoms. The van der Waals surface area contributed by atoms with Gasteiger partial charge in [0.2, 0.25) is 0 Å². The fraction of sp³-hybridized carbons (Fsp3) is 0.0377. The van der Waals surface area contributed by atoms with Crippen LogP contribution in [0.2, 0.25) is 10.0 Å². The molecule has 0 aliphatic carbocycles. The number of benzene rings is 5. The predicted octanol–water partition coefficient (Wildman–Crippen LogP) is 13.3. The number of isothiocyanates is 1. The summed E-state index contributed by atoms with van der Waals surface area (Å²) >= 11 is 28.0. The number of halogens is 5. The summed E-state index contributed by atoms with van der Waals surface area (Å²) in [5.41, 5.74) is 9.54. The zero-order valence-corrected chi connectivity index (χ0v) is 42.9. The van der Waals surface area contributed by atoms with Gasteiger partial charge in [-0.2, -0.15) is 4.99 Å². The first-order valence-electron chi connectivity index (χ1n) is 21.5. The van der Waals surface area contributed by atoms with Gasteiger partial charge in [0.1, 0.15) is 11.6 Å². The van der Waals surface area contributed by atoms with E-state index in [4.69, 9.17) is 57.9 Å². The van der Waals surface area contributed by atoms with Gasteiger partial charge in [-0.25, -0.2) is 18.6 Å². The first-order chi connectivity index (χ1) is 35.8. The highest BCUT2D eigenvalue weighted by molar-refractivity contribution is 7.98. The maximum Gasteiger partial charge on any atom is 0.337 e. The van der Waals surface area contributed by atoms with E-state index in [1.165, 1.54) is 39.1 Å². The van der Waals surface area contributed by atoms with Gasteiger partial charge >= 0.3 is 5.97 Å². The van der Waals surface area contributed by atoms with E-state index in [1.54, 1.807) is 134 Å². The van der Waals surface area contributed by atoms with Crippen LogP contribution in [0.5, 0.6) is 0 Å². The third kappa shape index (κ3) is 14.9. The molecule has 0 atom stereocenters. The molecule has 21 heteroatoms. The summed E-state index contributed by atoms with van der Waals surface area (Å²) < 4.78 is 30.1. The van der Waals surface area contributed by atoms with Crippen LogP contribution in [0.25, 0.3) is 33.2 Å². The Labute approximate surface area is 450 Å². The highest BCUT2D eigenvalue weighted by Crippen LogP contribution is 2.29. The lowest BCUT2D eigenvalue weighted by Gasteiger charge is -2.13.